The third kappa shape index (κ3) is 4.36. The summed E-state index contributed by atoms with van der Waals surface area (Å²) >= 11 is 0. The van der Waals surface area contributed by atoms with Crippen molar-refractivity contribution in [2.24, 2.45) is 0 Å². The number of carbonyl (C=O) groups is 1. The number of benzene rings is 2. The Morgan fingerprint density at radius 2 is 1.92 bits per heavy atom. The summed E-state index contributed by atoms with van der Waals surface area (Å²) in [5.41, 5.74) is 2.57. The Bertz CT molecular complexity index is 676. The minimum absolute atomic E-state index is 0.154. The van der Waals surface area contributed by atoms with Crippen LogP contribution in [0, 0.1) is 0 Å². The van der Waals surface area contributed by atoms with Crippen LogP contribution in [0.3, 0.4) is 0 Å². The second-order valence-electron chi connectivity index (χ2n) is 6.34. The van der Waals surface area contributed by atoms with Crippen molar-refractivity contribution >= 4 is 11.6 Å². The average molecular weight is 324 g/mol. The van der Waals surface area contributed by atoms with Gasteiger partial charge in [-0.1, -0.05) is 24.6 Å². The molecule has 1 atom stereocenters. The molecule has 4 nitrogen and oxygen atoms in total. The number of aryl methyl sites for hydroxylation is 1. The van der Waals surface area contributed by atoms with Crippen molar-refractivity contribution in [3.05, 3.63) is 59.7 Å². The first kappa shape index (κ1) is 16.5. The zero-order valence-electron chi connectivity index (χ0n) is 13.8. The van der Waals surface area contributed by atoms with E-state index in [2.05, 4.69) is 16.7 Å². The number of amides is 1. The Morgan fingerprint density at radius 3 is 2.67 bits per heavy atom. The highest BCUT2D eigenvalue weighted by Crippen LogP contribution is 2.21. The molecular formula is C20H24N2O2. The summed E-state index contributed by atoms with van der Waals surface area (Å²) in [6, 6.07) is 14.9. The maximum Gasteiger partial charge on any atom is 0.255 e. The van der Waals surface area contributed by atoms with E-state index in [0.29, 0.717) is 11.6 Å². The van der Waals surface area contributed by atoms with Gasteiger partial charge >= 0.3 is 0 Å². The number of anilines is 1. The molecule has 126 valence electrons. The highest BCUT2D eigenvalue weighted by molar-refractivity contribution is 6.04. The average Bonchev–Trinajstić information content (AvgIpc) is 2.62. The highest BCUT2D eigenvalue weighted by atomic mass is 16.3. The summed E-state index contributed by atoms with van der Waals surface area (Å²) in [7, 11) is 0. The molecule has 2 aromatic carbocycles. The zero-order valence-corrected chi connectivity index (χ0v) is 13.8. The van der Waals surface area contributed by atoms with Crippen LogP contribution < -0.4 is 10.6 Å². The number of carbonyl (C=O) groups excluding carboxylic acids is 1. The van der Waals surface area contributed by atoms with Crippen LogP contribution >= 0.6 is 0 Å². The van der Waals surface area contributed by atoms with Crippen LogP contribution in [-0.2, 0) is 6.42 Å². The molecule has 24 heavy (non-hydrogen) atoms. The molecule has 0 unspecified atom stereocenters. The Hall–Kier alpha value is -2.33. The van der Waals surface area contributed by atoms with Crippen molar-refractivity contribution in [2.75, 3.05) is 11.9 Å². The van der Waals surface area contributed by atoms with Gasteiger partial charge in [-0.2, -0.15) is 0 Å². The number of aromatic hydroxyl groups is 1. The van der Waals surface area contributed by atoms with E-state index < -0.39 is 0 Å². The van der Waals surface area contributed by atoms with Gasteiger partial charge in [-0.15, -0.1) is 0 Å². The first-order valence-corrected chi connectivity index (χ1v) is 8.64. The van der Waals surface area contributed by atoms with Gasteiger partial charge in [0.05, 0.1) is 0 Å². The summed E-state index contributed by atoms with van der Waals surface area (Å²) in [6.07, 6.45) is 5.85. The van der Waals surface area contributed by atoms with Crippen LogP contribution in [0.1, 0.15) is 41.6 Å². The summed E-state index contributed by atoms with van der Waals surface area (Å²) in [5.74, 6) is 0.00479. The number of piperidine rings is 1. The van der Waals surface area contributed by atoms with Crippen LogP contribution in [0.25, 0.3) is 0 Å². The van der Waals surface area contributed by atoms with Gasteiger partial charge in [-0.3, -0.25) is 4.79 Å². The van der Waals surface area contributed by atoms with Crippen molar-refractivity contribution in [1.29, 1.82) is 0 Å². The van der Waals surface area contributed by atoms with Gasteiger partial charge < -0.3 is 15.7 Å². The molecule has 0 bridgehead atoms. The number of para-hydroxylation sites is 1. The Kier molecular flexibility index (Phi) is 5.49. The molecule has 1 heterocycles. The quantitative estimate of drug-likeness (QED) is 0.785. The number of nitrogens with one attached hydrogen (secondary N) is 2. The molecular weight excluding hydrogens is 300 g/mol. The monoisotopic (exact) mass is 324 g/mol. The van der Waals surface area contributed by atoms with Crippen LogP contribution in [0.4, 0.5) is 5.69 Å². The predicted octanol–water partition coefficient (Wildman–Crippen LogP) is 3.72. The fraction of sp³-hybridized carbons (Fsp3) is 0.350. The zero-order chi connectivity index (χ0) is 16.8. The van der Waals surface area contributed by atoms with E-state index in [4.69, 9.17) is 0 Å². The summed E-state index contributed by atoms with van der Waals surface area (Å²) < 4.78 is 0. The molecule has 2 aromatic rings. The maximum atomic E-state index is 12.4. The molecule has 1 aliphatic heterocycles. The number of phenolic OH excluding ortho intramolecular Hbond substituents is 1. The molecule has 0 saturated carbocycles. The molecule has 0 aromatic heterocycles. The first-order chi connectivity index (χ1) is 11.7. The molecule has 0 aliphatic carbocycles. The van der Waals surface area contributed by atoms with Gasteiger partial charge in [-0.25, -0.2) is 0 Å². The van der Waals surface area contributed by atoms with Crippen molar-refractivity contribution < 1.29 is 9.90 Å². The van der Waals surface area contributed by atoms with E-state index in [0.717, 1.165) is 30.6 Å². The number of phenols is 1. The van der Waals surface area contributed by atoms with E-state index in [1.54, 1.807) is 12.1 Å². The van der Waals surface area contributed by atoms with Gasteiger partial charge in [-0.05, 0) is 68.1 Å². The molecule has 1 amide bonds. The normalized spacial score (nSPS) is 17.4. The Morgan fingerprint density at radius 1 is 1.12 bits per heavy atom. The molecule has 0 radical (unpaired) electrons. The fourth-order valence-electron chi connectivity index (χ4n) is 3.17. The lowest BCUT2D eigenvalue weighted by molar-refractivity contribution is 0.102. The Balaban J connectivity index is 1.64. The van der Waals surface area contributed by atoms with Crippen molar-refractivity contribution in [1.82, 2.24) is 5.32 Å². The van der Waals surface area contributed by atoms with Crippen LogP contribution in [0.2, 0.25) is 0 Å². The number of rotatable bonds is 5. The van der Waals surface area contributed by atoms with Gasteiger partial charge in [0.2, 0.25) is 0 Å². The first-order valence-electron chi connectivity index (χ1n) is 8.64. The van der Waals surface area contributed by atoms with E-state index in [-0.39, 0.29) is 11.7 Å². The molecule has 1 saturated heterocycles. The van der Waals surface area contributed by atoms with Gasteiger partial charge in [0.25, 0.3) is 5.91 Å². The predicted molar refractivity (Wildman–Crippen MR) is 96.5 cm³/mol. The summed E-state index contributed by atoms with van der Waals surface area (Å²) in [6.45, 7) is 1.11. The Labute approximate surface area is 142 Å². The molecule has 3 rings (SSSR count). The third-order valence-electron chi connectivity index (χ3n) is 4.57. The lowest BCUT2D eigenvalue weighted by atomic mass is 9.97. The van der Waals surface area contributed by atoms with Crippen LogP contribution in [0.15, 0.2) is 48.5 Å². The van der Waals surface area contributed by atoms with Crippen molar-refractivity contribution in [3.8, 4) is 5.75 Å². The largest absolute Gasteiger partial charge is 0.508 e. The number of hydrogen-bond donors (Lipinski definition) is 3. The van der Waals surface area contributed by atoms with Crippen molar-refractivity contribution in [2.45, 2.75) is 38.1 Å². The van der Waals surface area contributed by atoms with E-state index in [1.807, 2.05) is 18.2 Å². The lowest BCUT2D eigenvalue weighted by Gasteiger charge is -2.23. The third-order valence-corrected chi connectivity index (χ3v) is 4.57. The molecule has 4 heteroatoms. The standard InChI is InChI=1S/C20H24N2O2/c23-18-12-9-16(10-13-18)20(24)22-19-7-2-1-5-15(19)8-11-17-6-3-4-14-21-17/h1-2,5,7,9-10,12-13,17,21,23H,3-4,6,8,11,14H2,(H,22,24)/t17-/m1/s1. The van der Waals surface area contributed by atoms with Crippen LogP contribution in [-0.4, -0.2) is 23.6 Å². The smallest absolute Gasteiger partial charge is 0.255 e. The lowest BCUT2D eigenvalue weighted by Crippen LogP contribution is -2.34. The van der Waals surface area contributed by atoms with Crippen LogP contribution in [0.5, 0.6) is 5.75 Å². The second-order valence-corrected chi connectivity index (χ2v) is 6.34. The molecule has 1 aliphatic rings. The highest BCUT2D eigenvalue weighted by Gasteiger charge is 2.14. The molecule has 1 fully saturated rings. The van der Waals surface area contributed by atoms with E-state index in [9.17, 15) is 9.90 Å². The van der Waals surface area contributed by atoms with Crippen molar-refractivity contribution in [3.63, 3.8) is 0 Å². The second kappa shape index (κ2) is 7.97. The number of hydrogen-bond acceptors (Lipinski definition) is 3. The SMILES string of the molecule is O=C(Nc1ccccc1CC[C@H]1CCCCN1)c1ccc(O)cc1. The minimum Gasteiger partial charge on any atom is -0.508 e. The topological polar surface area (TPSA) is 61.4 Å². The molecule has 0 spiro atoms. The minimum atomic E-state index is -0.154. The summed E-state index contributed by atoms with van der Waals surface area (Å²) in [5, 5.41) is 15.9. The fourth-order valence-corrected chi connectivity index (χ4v) is 3.17. The summed E-state index contributed by atoms with van der Waals surface area (Å²) in [4.78, 5) is 12.4. The van der Waals surface area contributed by atoms with E-state index >= 15 is 0 Å². The van der Waals surface area contributed by atoms with Gasteiger partial charge in [0.15, 0.2) is 0 Å². The van der Waals surface area contributed by atoms with Gasteiger partial charge in [0, 0.05) is 17.3 Å². The molecule has 3 N–H and O–H groups in total. The maximum absolute atomic E-state index is 12.4. The van der Waals surface area contributed by atoms with E-state index in [1.165, 1.54) is 31.4 Å². The van der Waals surface area contributed by atoms with Gasteiger partial charge in [0.1, 0.15) is 5.75 Å².